The standard InChI is InChI=1S/C9H18N2O3/c1-14-9(2-5-10-6-3-9)4-7-11-8(12)13/h10-11H,2-7H2,1H3,(H,12,13). The van der Waals surface area contributed by atoms with Gasteiger partial charge in [-0.15, -0.1) is 0 Å². The predicted octanol–water partition coefficient (Wildman–Crippen LogP) is 0.413. The summed E-state index contributed by atoms with van der Waals surface area (Å²) in [6.45, 7) is 2.35. The van der Waals surface area contributed by atoms with Crippen molar-refractivity contribution in [2.45, 2.75) is 24.9 Å². The van der Waals surface area contributed by atoms with Gasteiger partial charge in [0.25, 0.3) is 0 Å². The maximum atomic E-state index is 10.3. The Hall–Kier alpha value is -0.810. The molecule has 0 atom stereocenters. The van der Waals surface area contributed by atoms with Crippen molar-refractivity contribution in [2.75, 3.05) is 26.7 Å². The number of ether oxygens (including phenoxy) is 1. The van der Waals surface area contributed by atoms with Gasteiger partial charge >= 0.3 is 6.09 Å². The van der Waals surface area contributed by atoms with Crippen LogP contribution in [0.25, 0.3) is 0 Å². The summed E-state index contributed by atoms with van der Waals surface area (Å²) >= 11 is 0. The second-order valence-corrected chi connectivity index (χ2v) is 3.62. The van der Waals surface area contributed by atoms with Crippen molar-refractivity contribution in [2.24, 2.45) is 0 Å². The van der Waals surface area contributed by atoms with Crippen LogP contribution in [0.15, 0.2) is 0 Å². The lowest BCUT2D eigenvalue weighted by Crippen LogP contribution is -2.45. The lowest BCUT2D eigenvalue weighted by molar-refractivity contribution is -0.0394. The first-order chi connectivity index (χ1) is 6.68. The van der Waals surface area contributed by atoms with Gasteiger partial charge < -0.3 is 20.5 Å². The van der Waals surface area contributed by atoms with Gasteiger partial charge in [-0.3, -0.25) is 0 Å². The van der Waals surface area contributed by atoms with Gasteiger partial charge in [0.15, 0.2) is 0 Å². The first-order valence-electron chi connectivity index (χ1n) is 4.91. The molecular weight excluding hydrogens is 184 g/mol. The van der Waals surface area contributed by atoms with E-state index in [-0.39, 0.29) is 5.60 Å². The van der Waals surface area contributed by atoms with Crippen LogP contribution in [0.3, 0.4) is 0 Å². The first-order valence-corrected chi connectivity index (χ1v) is 4.91. The van der Waals surface area contributed by atoms with E-state index in [2.05, 4.69) is 10.6 Å². The highest BCUT2D eigenvalue weighted by Gasteiger charge is 2.31. The van der Waals surface area contributed by atoms with Crippen molar-refractivity contribution < 1.29 is 14.6 Å². The van der Waals surface area contributed by atoms with Crippen molar-refractivity contribution in [3.8, 4) is 0 Å². The number of piperidine rings is 1. The van der Waals surface area contributed by atoms with Gasteiger partial charge in [-0.2, -0.15) is 0 Å². The fourth-order valence-corrected chi connectivity index (χ4v) is 1.84. The van der Waals surface area contributed by atoms with E-state index in [0.29, 0.717) is 6.54 Å². The number of nitrogens with one attached hydrogen (secondary N) is 2. The number of carbonyl (C=O) groups is 1. The van der Waals surface area contributed by atoms with E-state index in [1.54, 1.807) is 7.11 Å². The molecule has 0 aromatic heterocycles. The fraction of sp³-hybridized carbons (Fsp3) is 0.889. The van der Waals surface area contributed by atoms with Crippen LogP contribution in [-0.4, -0.2) is 43.5 Å². The Morgan fingerprint density at radius 3 is 2.71 bits per heavy atom. The third-order valence-corrected chi connectivity index (χ3v) is 2.80. The zero-order valence-corrected chi connectivity index (χ0v) is 8.51. The Morgan fingerprint density at radius 1 is 1.57 bits per heavy atom. The molecule has 14 heavy (non-hydrogen) atoms. The molecule has 0 saturated carbocycles. The molecule has 1 heterocycles. The Bertz CT molecular complexity index is 190. The molecule has 1 rings (SSSR count). The Balaban J connectivity index is 2.32. The van der Waals surface area contributed by atoms with Gasteiger partial charge in [-0.05, 0) is 32.4 Å². The molecule has 1 saturated heterocycles. The Morgan fingerprint density at radius 2 is 2.21 bits per heavy atom. The normalized spacial score (nSPS) is 20.4. The number of rotatable bonds is 4. The zero-order chi connectivity index (χ0) is 10.4. The van der Waals surface area contributed by atoms with E-state index in [1.807, 2.05) is 0 Å². The quantitative estimate of drug-likeness (QED) is 0.617. The smallest absolute Gasteiger partial charge is 0.404 e. The minimum absolute atomic E-state index is 0.131. The van der Waals surface area contributed by atoms with Gasteiger partial charge in [0.05, 0.1) is 5.60 Å². The highest BCUT2D eigenvalue weighted by atomic mass is 16.5. The van der Waals surface area contributed by atoms with Gasteiger partial charge in [-0.25, -0.2) is 4.79 Å². The molecule has 0 unspecified atom stereocenters. The predicted molar refractivity (Wildman–Crippen MR) is 52.5 cm³/mol. The topological polar surface area (TPSA) is 70.6 Å². The van der Waals surface area contributed by atoms with E-state index in [9.17, 15) is 4.79 Å². The maximum absolute atomic E-state index is 10.3. The number of carboxylic acid groups (broad SMARTS) is 1. The molecule has 1 aliphatic heterocycles. The van der Waals surface area contributed by atoms with Crippen LogP contribution in [0.4, 0.5) is 4.79 Å². The van der Waals surface area contributed by atoms with Crippen LogP contribution in [0.1, 0.15) is 19.3 Å². The van der Waals surface area contributed by atoms with Crippen LogP contribution >= 0.6 is 0 Å². The van der Waals surface area contributed by atoms with Crippen LogP contribution in [0, 0.1) is 0 Å². The van der Waals surface area contributed by atoms with Crippen molar-refractivity contribution >= 4 is 6.09 Å². The van der Waals surface area contributed by atoms with E-state index in [0.717, 1.165) is 32.4 Å². The molecule has 0 radical (unpaired) electrons. The molecule has 5 heteroatoms. The lowest BCUT2D eigenvalue weighted by Gasteiger charge is -2.36. The number of methoxy groups -OCH3 is 1. The SMILES string of the molecule is COC1(CCNC(=O)O)CCNCC1. The summed E-state index contributed by atoms with van der Waals surface area (Å²) in [5.74, 6) is 0. The van der Waals surface area contributed by atoms with E-state index in [1.165, 1.54) is 0 Å². The molecule has 1 amide bonds. The summed E-state index contributed by atoms with van der Waals surface area (Å²) in [6, 6.07) is 0. The van der Waals surface area contributed by atoms with Crippen LogP contribution in [0.5, 0.6) is 0 Å². The highest BCUT2D eigenvalue weighted by Crippen LogP contribution is 2.25. The van der Waals surface area contributed by atoms with Crippen molar-refractivity contribution in [3.05, 3.63) is 0 Å². The van der Waals surface area contributed by atoms with Crippen LogP contribution in [0.2, 0.25) is 0 Å². The maximum Gasteiger partial charge on any atom is 0.404 e. The van der Waals surface area contributed by atoms with E-state index < -0.39 is 6.09 Å². The Labute approximate surface area is 83.8 Å². The molecule has 0 bridgehead atoms. The Kier molecular flexibility index (Phi) is 4.16. The summed E-state index contributed by atoms with van der Waals surface area (Å²) in [7, 11) is 1.70. The summed E-state index contributed by atoms with van der Waals surface area (Å²) in [5, 5.41) is 14.1. The summed E-state index contributed by atoms with van der Waals surface area (Å²) < 4.78 is 5.49. The van der Waals surface area contributed by atoms with Gasteiger partial charge in [0, 0.05) is 13.7 Å². The molecule has 0 aromatic carbocycles. The van der Waals surface area contributed by atoms with Crippen molar-refractivity contribution in [3.63, 3.8) is 0 Å². The largest absolute Gasteiger partial charge is 0.465 e. The average molecular weight is 202 g/mol. The third kappa shape index (κ3) is 3.16. The number of hydrogen-bond donors (Lipinski definition) is 3. The van der Waals surface area contributed by atoms with E-state index >= 15 is 0 Å². The monoisotopic (exact) mass is 202 g/mol. The van der Waals surface area contributed by atoms with Crippen LogP contribution in [-0.2, 0) is 4.74 Å². The van der Waals surface area contributed by atoms with Crippen LogP contribution < -0.4 is 10.6 Å². The van der Waals surface area contributed by atoms with E-state index in [4.69, 9.17) is 9.84 Å². The minimum atomic E-state index is -0.967. The first kappa shape index (κ1) is 11.3. The lowest BCUT2D eigenvalue weighted by atomic mass is 9.89. The third-order valence-electron chi connectivity index (χ3n) is 2.80. The number of amides is 1. The van der Waals surface area contributed by atoms with Gasteiger partial charge in [0.1, 0.15) is 0 Å². The highest BCUT2D eigenvalue weighted by molar-refractivity contribution is 5.64. The molecule has 0 aromatic rings. The summed E-state index contributed by atoms with van der Waals surface area (Å²) in [5.41, 5.74) is -0.131. The molecule has 82 valence electrons. The van der Waals surface area contributed by atoms with Crippen molar-refractivity contribution in [1.29, 1.82) is 0 Å². The molecule has 0 aliphatic carbocycles. The molecule has 1 fully saturated rings. The summed E-state index contributed by atoms with van der Waals surface area (Å²) in [6.07, 6.45) is 1.68. The second-order valence-electron chi connectivity index (χ2n) is 3.62. The summed E-state index contributed by atoms with van der Waals surface area (Å²) in [4.78, 5) is 10.3. The minimum Gasteiger partial charge on any atom is -0.465 e. The molecular formula is C9H18N2O3. The molecule has 0 spiro atoms. The van der Waals surface area contributed by atoms with Gasteiger partial charge in [0.2, 0.25) is 0 Å². The molecule has 5 nitrogen and oxygen atoms in total. The van der Waals surface area contributed by atoms with Gasteiger partial charge in [-0.1, -0.05) is 0 Å². The fourth-order valence-electron chi connectivity index (χ4n) is 1.84. The second kappa shape index (κ2) is 5.17. The number of hydrogen-bond acceptors (Lipinski definition) is 3. The zero-order valence-electron chi connectivity index (χ0n) is 8.51. The average Bonchev–Trinajstić information content (AvgIpc) is 2.19. The molecule has 3 N–H and O–H groups in total. The molecule has 1 aliphatic rings. The van der Waals surface area contributed by atoms with Crippen molar-refractivity contribution in [1.82, 2.24) is 10.6 Å².